The van der Waals surface area contributed by atoms with Gasteiger partial charge in [0.05, 0.1) is 6.04 Å². The summed E-state index contributed by atoms with van der Waals surface area (Å²) < 4.78 is 2.80. The fraction of sp³-hybridized carbons (Fsp3) is 0.231. The first-order valence-electron chi connectivity index (χ1n) is 5.47. The standard InChI is InChI=1S/C13H13NS3/c1-8-5-9(7-16-8)13(14-2)12-6-11-10(17-12)3-4-15-11/h3-7,13-14H,1-2H3. The van der Waals surface area contributed by atoms with Gasteiger partial charge in [0.15, 0.2) is 0 Å². The van der Waals surface area contributed by atoms with E-state index in [4.69, 9.17) is 0 Å². The molecule has 1 nitrogen and oxygen atoms in total. The van der Waals surface area contributed by atoms with Gasteiger partial charge in [0.2, 0.25) is 0 Å². The molecule has 0 aliphatic heterocycles. The SMILES string of the molecule is CNC(c1csc(C)c1)c1cc2sccc2s1. The van der Waals surface area contributed by atoms with Gasteiger partial charge < -0.3 is 5.32 Å². The van der Waals surface area contributed by atoms with Crippen LogP contribution in [0, 0.1) is 6.92 Å². The van der Waals surface area contributed by atoms with E-state index in [0.717, 1.165) is 0 Å². The summed E-state index contributed by atoms with van der Waals surface area (Å²) in [5.41, 5.74) is 1.38. The van der Waals surface area contributed by atoms with Crippen molar-refractivity contribution in [1.82, 2.24) is 5.32 Å². The zero-order valence-electron chi connectivity index (χ0n) is 9.69. The van der Waals surface area contributed by atoms with Crippen molar-refractivity contribution in [3.63, 3.8) is 0 Å². The van der Waals surface area contributed by atoms with E-state index in [2.05, 4.69) is 41.2 Å². The predicted molar refractivity (Wildman–Crippen MR) is 79.7 cm³/mol. The summed E-state index contributed by atoms with van der Waals surface area (Å²) in [6, 6.07) is 7.14. The average molecular weight is 279 g/mol. The Morgan fingerprint density at radius 2 is 2.06 bits per heavy atom. The molecule has 4 heteroatoms. The van der Waals surface area contributed by atoms with Crippen LogP contribution in [-0.4, -0.2) is 7.05 Å². The van der Waals surface area contributed by atoms with Gasteiger partial charge in [-0.25, -0.2) is 0 Å². The van der Waals surface area contributed by atoms with Crippen LogP contribution >= 0.6 is 34.0 Å². The first-order chi connectivity index (χ1) is 8.28. The lowest BCUT2D eigenvalue weighted by molar-refractivity contribution is 0.706. The van der Waals surface area contributed by atoms with Crippen molar-refractivity contribution >= 4 is 43.4 Å². The minimum atomic E-state index is 0.338. The van der Waals surface area contributed by atoms with E-state index in [1.165, 1.54) is 24.7 Å². The topological polar surface area (TPSA) is 12.0 Å². The van der Waals surface area contributed by atoms with Crippen LogP contribution in [0.4, 0.5) is 0 Å². The Kier molecular flexibility index (Phi) is 3.04. The van der Waals surface area contributed by atoms with Gasteiger partial charge in [0.1, 0.15) is 0 Å². The third-order valence-electron chi connectivity index (χ3n) is 2.82. The van der Waals surface area contributed by atoms with Gasteiger partial charge in [-0.15, -0.1) is 34.0 Å². The molecule has 0 bridgehead atoms. The normalized spacial score (nSPS) is 13.3. The molecule has 0 amide bonds. The second kappa shape index (κ2) is 4.53. The molecular formula is C13H13NS3. The van der Waals surface area contributed by atoms with E-state index in [9.17, 15) is 0 Å². The number of aryl methyl sites for hydroxylation is 1. The van der Waals surface area contributed by atoms with E-state index in [1.54, 1.807) is 0 Å². The van der Waals surface area contributed by atoms with E-state index < -0.39 is 0 Å². The lowest BCUT2D eigenvalue weighted by Gasteiger charge is -2.12. The van der Waals surface area contributed by atoms with Crippen molar-refractivity contribution in [1.29, 1.82) is 0 Å². The number of nitrogens with one attached hydrogen (secondary N) is 1. The van der Waals surface area contributed by atoms with E-state index in [0.29, 0.717) is 6.04 Å². The minimum Gasteiger partial charge on any atom is -0.309 e. The summed E-state index contributed by atoms with van der Waals surface area (Å²) in [6.07, 6.45) is 0. The highest BCUT2D eigenvalue weighted by atomic mass is 32.1. The van der Waals surface area contributed by atoms with Gasteiger partial charge >= 0.3 is 0 Å². The molecule has 0 aromatic carbocycles. The molecule has 0 aliphatic rings. The van der Waals surface area contributed by atoms with Crippen LogP contribution in [0.15, 0.2) is 29.0 Å². The van der Waals surface area contributed by atoms with Gasteiger partial charge in [0.25, 0.3) is 0 Å². The summed E-state index contributed by atoms with van der Waals surface area (Å²) >= 11 is 5.53. The molecule has 0 saturated heterocycles. The Labute approximate surface area is 113 Å². The van der Waals surface area contributed by atoms with Crippen LogP contribution in [0.25, 0.3) is 9.40 Å². The summed E-state index contributed by atoms with van der Waals surface area (Å²) in [5, 5.41) is 7.84. The Morgan fingerprint density at radius 3 is 2.71 bits per heavy atom. The lowest BCUT2D eigenvalue weighted by atomic mass is 10.1. The quantitative estimate of drug-likeness (QED) is 0.736. The molecule has 1 N–H and O–H groups in total. The molecule has 0 saturated carbocycles. The molecule has 0 radical (unpaired) electrons. The highest BCUT2D eigenvalue weighted by molar-refractivity contribution is 7.27. The van der Waals surface area contributed by atoms with Crippen LogP contribution < -0.4 is 5.32 Å². The van der Waals surface area contributed by atoms with Crippen LogP contribution in [0.5, 0.6) is 0 Å². The summed E-state index contributed by atoms with van der Waals surface area (Å²) in [6.45, 7) is 2.16. The Bertz CT molecular complexity index is 603. The molecule has 88 valence electrons. The van der Waals surface area contributed by atoms with Crippen molar-refractivity contribution in [3.05, 3.63) is 44.3 Å². The van der Waals surface area contributed by atoms with Gasteiger partial charge in [-0.1, -0.05) is 0 Å². The van der Waals surface area contributed by atoms with Gasteiger partial charge in [-0.05, 0) is 48.5 Å². The zero-order valence-corrected chi connectivity index (χ0v) is 12.1. The molecule has 0 spiro atoms. The van der Waals surface area contributed by atoms with Gasteiger partial charge in [-0.3, -0.25) is 0 Å². The second-order valence-corrected chi connectivity index (χ2v) is 7.19. The van der Waals surface area contributed by atoms with Gasteiger partial charge in [-0.2, -0.15) is 0 Å². The fourth-order valence-corrected chi connectivity index (χ4v) is 5.00. The maximum atomic E-state index is 3.42. The van der Waals surface area contributed by atoms with Crippen molar-refractivity contribution < 1.29 is 0 Å². The van der Waals surface area contributed by atoms with Crippen molar-refractivity contribution in [3.8, 4) is 0 Å². The number of thiophene rings is 3. The van der Waals surface area contributed by atoms with E-state index in [-0.39, 0.29) is 0 Å². The van der Waals surface area contributed by atoms with Crippen molar-refractivity contribution in [2.24, 2.45) is 0 Å². The average Bonchev–Trinajstić information content (AvgIpc) is 2.95. The third-order valence-corrected chi connectivity index (χ3v) is 5.85. The molecule has 3 aromatic rings. The number of rotatable bonds is 3. The molecule has 3 aromatic heterocycles. The van der Waals surface area contributed by atoms with E-state index >= 15 is 0 Å². The molecule has 3 heterocycles. The molecule has 1 atom stereocenters. The van der Waals surface area contributed by atoms with Crippen LogP contribution in [0.2, 0.25) is 0 Å². The number of hydrogen-bond acceptors (Lipinski definition) is 4. The fourth-order valence-electron chi connectivity index (χ4n) is 2.01. The molecule has 17 heavy (non-hydrogen) atoms. The Morgan fingerprint density at radius 1 is 1.18 bits per heavy atom. The predicted octanol–water partition coefficient (Wildman–Crippen LogP) is 4.64. The first-order valence-corrected chi connectivity index (χ1v) is 8.05. The summed E-state index contributed by atoms with van der Waals surface area (Å²) in [5.74, 6) is 0. The number of hydrogen-bond donors (Lipinski definition) is 1. The maximum Gasteiger partial charge on any atom is 0.0677 e. The minimum absolute atomic E-state index is 0.338. The maximum absolute atomic E-state index is 3.42. The van der Waals surface area contributed by atoms with Crippen LogP contribution in [-0.2, 0) is 0 Å². The Balaban J connectivity index is 2.03. The molecule has 3 rings (SSSR count). The zero-order chi connectivity index (χ0) is 11.8. The highest BCUT2D eigenvalue weighted by Gasteiger charge is 2.16. The highest BCUT2D eigenvalue weighted by Crippen LogP contribution is 2.36. The van der Waals surface area contributed by atoms with Gasteiger partial charge in [0, 0.05) is 19.2 Å². The summed E-state index contributed by atoms with van der Waals surface area (Å²) in [4.78, 5) is 2.78. The molecule has 0 fully saturated rings. The first kappa shape index (κ1) is 11.4. The van der Waals surface area contributed by atoms with E-state index in [1.807, 2.05) is 41.1 Å². The molecule has 0 aliphatic carbocycles. The summed E-state index contributed by atoms with van der Waals surface area (Å²) in [7, 11) is 2.03. The second-order valence-electron chi connectivity index (χ2n) is 4.01. The molecular weight excluding hydrogens is 266 g/mol. The smallest absolute Gasteiger partial charge is 0.0677 e. The lowest BCUT2D eigenvalue weighted by Crippen LogP contribution is -2.15. The Hall–Kier alpha value is -0.680. The monoisotopic (exact) mass is 279 g/mol. The van der Waals surface area contributed by atoms with Crippen LogP contribution in [0.1, 0.15) is 21.4 Å². The van der Waals surface area contributed by atoms with Crippen molar-refractivity contribution in [2.75, 3.05) is 7.05 Å². The molecule has 1 unspecified atom stereocenters. The van der Waals surface area contributed by atoms with Crippen LogP contribution in [0.3, 0.4) is 0 Å². The third kappa shape index (κ3) is 2.06. The number of fused-ring (bicyclic) bond motifs is 1. The largest absolute Gasteiger partial charge is 0.309 e. The van der Waals surface area contributed by atoms with Crippen molar-refractivity contribution in [2.45, 2.75) is 13.0 Å².